The summed E-state index contributed by atoms with van der Waals surface area (Å²) >= 11 is 1.81. The molecular weight excluding hydrogens is 273 g/mol. The van der Waals surface area contributed by atoms with E-state index in [2.05, 4.69) is 16.3 Å². The van der Waals surface area contributed by atoms with Gasteiger partial charge in [-0.3, -0.25) is 9.69 Å². The predicted molar refractivity (Wildman–Crippen MR) is 78.6 cm³/mol. The monoisotopic (exact) mass is 289 g/mol. The average Bonchev–Trinajstić information content (AvgIpc) is 2.92. The van der Waals surface area contributed by atoms with Gasteiger partial charge in [-0.15, -0.1) is 11.3 Å². The molecule has 2 heterocycles. The number of Topliss-reactive ketones (excluding diaryl/α,β-unsaturated/α-hetero) is 1. The van der Waals surface area contributed by atoms with E-state index in [-0.39, 0.29) is 11.3 Å². The van der Waals surface area contributed by atoms with Crippen molar-refractivity contribution in [1.82, 2.24) is 4.90 Å². The zero-order chi connectivity index (χ0) is 13.9. The minimum absolute atomic E-state index is 0.112. The largest absolute Gasteiger partial charge is 0.298 e. The average molecular weight is 289 g/mol. The molecule has 2 aromatic rings. The Morgan fingerprint density at radius 3 is 3.00 bits per heavy atom. The number of nitrogens with zero attached hydrogens (tertiary/aromatic N) is 1. The van der Waals surface area contributed by atoms with E-state index in [0.717, 1.165) is 19.5 Å². The lowest BCUT2D eigenvalue weighted by molar-refractivity contribution is 0.0957. The number of carbonyl (C=O) groups excluding carboxylic acids is 1. The van der Waals surface area contributed by atoms with Gasteiger partial charge in [0.05, 0.1) is 5.56 Å². The normalized spacial score (nSPS) is 15.1. The minimum atomic E-state index is -0.420. The molecule has 0 spiro atoms. The lowest BCUT2D eigenvalue weighted by Gasteiger charge is -2.26. The highest BCUT2D eigenvalue weighted by Crippen LogP contribution is 2.24. The topological polar surface area (TPSA) is 20.3 Å². The number of hydrogen-bond donors (Lipinski definition) is 0. The highest BCUT2D eigenvalue weighted by Gasteiger charge is 2.18. The number of ketones is 1. The summed E-state index contributed by atoms with van der Waals surface area (Å²) in [5.41, 5.74) is 1.58. The van der Waals surface area contributed by atoms with Crippen LogP contribution in [-0.2, 0) is 13.0 Å². The second-order valence-electron chi connectivity index (χ2n) is 5.05. The number of benzene rings is 1. The van der Waals surface area contributed by atoms with Gasteiger partial charge in [0.25, 0.3) is 0 Å². The minimum Gasteiger partial charge on any atom is -0.298 e. The highest BCUT2D eigenvalue weighted by atomic mass is 32.1. The van der Waals surface area contributed by atoms with Crippen molar-refractivity contribution < 1.29 is 9.18 Å². The van der Waals surface area contributed by atoms with Gasteiger partial charge >= 0.3 is 0 Å². The summed E-state index contributed by atoms with van der Waals surface area (Å²) in [5.74, 6) is -0.532. The second-order valence-corrected chi connectivity index (χ2v) is 6.05. The molecule has 1 aromatic heterocycles. The first-order chi connectivity index (χ1) is 9.74. The molecule has 1 aliphatic rings. The molecule has 3 rings (SSSR count). The van der Waals surface area contributed by atoms with E-state index < -0.39 is 5.82 Å². The van der Waals surface area contributed by atoms with E-state index >= 15 is 0 Å². The van der Waals surface area contributed by atoms with Gasteiger partial charge in [0.1, 0.15) is 5.82 Å². The quantitative estimate of drug-likeness (QED) is 0.803. The van der Waals surface area contributed by atoms with Crippen LogP contribution in [0.5, 0.6) is 0 Å². The number of hydrogen-bond acceptors (Lipinski definition) is 3. The van der Waals surface area contributed by atoms with Crippen LogP contribution in [0.25, 0.3) is 0 Å². The van der Waals surface area contributed by atoms with Crippen LogP contribution in [0.15, 0.2) is 35.7 Å². The molecule has 1 aliphatic heterocycles. The van der Waals surface area contributed by atoms with E-state index in [1.165, 1.54) is 16.5 Å². The van der Waals surface area contributed by atoms with Crippen molar-refractivity contribution in [2.24, 2.45) is 0 Å². The van der Waals surface area contributed by atoms with Crippen molar-refractivity contribution in [2.45, 2.75) is 19.4 Å². The molecule has 20 heavy (non-hydrogen) atoms. The van der Waals surface area contributed by atoms with Gasteiger partial charge in [-0.2, -0.15) is 0 Å². The molecule has 0 saturated carbocycles. The third-order valence-electron chi connectivity index (χ3n) is 3.72. The van der Waals surface area contributed by atoms with Crippen molar-refractivity contribution in [3.8, 4) is 0 Å². The van der Waals surface area contributed by atoms with Gasteiger partial charge in [-0.05, 0) is 35.6 Å². The molecule has 104 valence electrons. The first kappa shape index (κ1) is 13.5. The Bertz CT molecular complexity index is 622. The summed E-state index contributed by atoms with van der Waals surface area (Å²) in [6.07, 6.45) is 1.43. The lowest BCUT2D eigenvalue weighted by Crippen LogP contribution is -2.31. The van der Waals surface area contributed by atoms with Gasteiger partial charge in [0.2, 0.25) is 0 Å². The number of thiophene rings is 1. The van der Waals surface area contributed by atoms with Crippen LogP contribution in [0.1, 0.15) is 27.2 Å². The van der Waals surface area contributed by atoms with Crippen molar-refractivity contribution in [1.29, 1.82) is 0 Å². The Hall–Kier alpha value is -1.52. The van der Waals surface area contributed by atoms with E-state index in [4.69, 9.17) is 0 Å². The van der Waals surface area contributed by atoms with E-state index in [0.29, 0.717) is 13.0 Å². The molecule has 0 fully saturated rings. The molecule has 0 saturated heterocycles. The third-order valence-corrected chi connectivity index (χ3v) is 4.74. The van der Waals surface area contributed by atoms with Gasteiger partial charge < -0.3 is 0 Å². The van der Waals surface area contributed by atoms with Crippen molar-refractivity contribution in [2.75, 3.05) is 13.1 Å². The molecule has 1 aromatic carbocycles. The molecule has 0 atom stereocenters. The molecule has 0 radical (unpaired) electrons. The Kier molecular flexibility index (Phi) is 3.94. The van der Waals surface area contributed by atoms with Gasteiger partial charge in [-0.1, -0.05) is 12.1 Å². The van der Waals surface area contributed by atoms with Crippen LogP contribution in [0.4, 0.5) is 4.39 Å². The molecule has 0 unspecified atom stereocenters. The molecule has 0 bridgehead atoms. The fourth-order valence-electron chi connectivity index (χ4n) is 2.58. The molecular formula is C16H16FNOS. The number of carbonyl (C=O) groups is 1. The van der Waals surface area contributed by atoms with Crippen LogP contribution in [0.3, 0.4) is 0 Å². The van der Waals surface area contributed by atoms with Gasteiger partial charge in [0, 0.05) is 30.9 Å². The lowest BCUT2D eigenvalue weighted by atomic mass is 10.1. The highest BCUT2D eigenvalue weighted by molar-refractivity contribution is 7.10. The molecule has 0 aliphatic carbocycles. The summed E-state index contributed by atoms with van der Waals surface area (Å²) in [6.45, 7) is 2.59. The standard InChI is InChI=1S/C16H16FNOS/c17-14-4-2-1-3-13(14)15(19)5-8-18-9-6-16-12(11-18)7-10-20-16/h1-4,7,10H,5-6,8-9,11H2. The van der Waals surface area contributed by atoms with Crippen LogP contribution in [0, 0.1) is 5.82 Å². The summed E-state index contributed by atoms with van der Waals surface area (Å²) < 4.78 is 13.5. The number of fused-ring (bicyclic) bond motifs is 1. The number of rotatable bonds is 4. The van der Waals surface area contributed by atoms with E-state index in [1.54, 1.807) is 18.2 Å². The summed E-state index contributed by atoms with van der Waals surface area (Å²) in [4.78, 5) is 15.8. The maximum Gasteiger partial charge on any atom is 0.167 e. The van der Waals surface area contributed by atoms with Crippen molar-refractivity contribution >= 4 is 17.1 Å². The summed E-state index contributed by atoms with van der Waals surface area (Å²) in [5, 5.41) is 2.12. The molecule has 0 N–H and O–H groups in total. The zero-order valence-corrected chi connectivity index (χ0v) is 12.0. The zero-order valence-electron chi connectivity index (χ0n) is 11.1. The summed E-state index contributed by atoms with van der Waals surface area (Å²) in [6, 6.07) is 8.37. The van der Waals surface area contributed by atoms with Gasteiger partial charge in [-0.25, -0.2) is 4.39 Å². The Morgan fingerprint density at radius 1 is 1.30 bits per heavy atom. The molecule has 4 heteroatoms. The predicted octanol–water partition coefficient (Wildman–Crippen LogP) is 3.52. The summed E-state index contributed by atoms with van der Waals surface area (Å²) in [7, 11) is 0. The van der Waals surface area contributed by atoms with Crippen LogP contribution in [0.2, 0.25) is 0 Å². The first-order valence-corrected chi connectivity index (χ1v) is 7.67. The van der Waals surface area contributed by atoms with E-state index in [1.807, 2.05) is 11.3 Å². The Morgan fingerprint density at radius 2 is 2.15 bits per heavy atom. The van der Waals surface area contributed by atoms with Crippen LogP contribution < -0.4 is 0 Å². The van der Waals surface area contributed by atoms with Crippen LogP contribution >= 0.6 is 11.3 Å². The fourth-order valence-corrected chi connectivity index (χ4v) is 3.47. The maximum atomic E-state index is 13.5. The third kappa shape index (κ3) is 2.81. The fraction of sp³-hybridized carbons (Fsp3) is 0.312. The molecule has 0 amide bonds. The van der Waals surface area contributed by atoms with Crippen LogP contribution in [-0.4, -0.2) is 23.8 Å². The Balaban J connectivity index is 1.58. The van der Waals surface area contributed by atoms with Crippen molar-refractivity contribution in [3.63, 3.8) is 0 Å². The second kappa shape index (κ2) is 5.85. The molecule has 2 nitrogen and oxygen atoms in total. The Labute approximate surface area is 121 Å². The van der Waals surface area contributed by atoms with Gasteiger partial charge in [0.15, 0.2) is 5.78 Å². The first-order valence-electron chi connectivity index (χ1n) is 6.79. The van der Waals surface area contributed by atoms with E-state index in [9.17, 15) is 9.18 Å². The number of halogens is 1. The van der Waals surface area contributed by atoms with Crippen molar-refractivity contribution in [3.05, 3.63) is 57.5 Å². The SMILES string of the molecule is O=C(CCN1CCc2sccc2C1)c1ccccc1F. The maximum absolute atomic E-state index is 13.5. The smallest absolute Gasteiger partial charge is 0.167 e.